The van der Waals surface area contributed by atoms with Crippen LogP contribution >= 0.6 is 0 Å². The predicted molar refractivity (Wildman–Crippen MR) is 90.3 cm³/mol. The second-order valence-electron chi connectivity index (χ2n) is 5.88. The molecule has 2 unspecified atom stereocenters. The highest BCUT2D eigenvalue weighted by Crippen LogP contribution is 2.13. The maximum Gasteiger partial charge on any atom is 0.308 e. The van der Waals surface area contributed by atoms with Crippen LogP contribution in [-0.2, 0) is 14.8 Å². The van der Waals surface area contributed by atoms with Crippen LogP contribution in [-0.4, -0.2) is 49.9 Å². The standard InChI is InChI=1S/C16H24N2O5S/c1-5-12(3)17-24(22,23)14-8-6-13(7-9-14)15(19)18(4)10-11(2)16(20)21/h6-9,11-12,17H,5,10H2,1-4H3,(H,20,21). The Bertz CT molecular complexity index is 685. The fourth-order valence-electron chi connectivity index (χ4n) is 1.99. The number of benzene rings is 1. The first-order valence-electron chi connectivity index (χ1n) is 7.69. The largest absolute Gasteiger partial charge is 0.481 e. The first-order chi connectivity index (χ1) is 11.1. The van der Waals surface area contributed by atoms with Crippen molar-refractivity contribution in [3.8, 4) is 0 Å². The Morgan fingerprint density at radius 2 is 1.75 bits per heavy atom. The molecule has 2 N–H and O–H groups in total. The highest BCUT2D eigenvalue weighted by Gasteiger charge is 2.20. The molecular weight excluding hydrogens is 332 g/mol. The Labute approximate surface area is 142 Å². The molecule has 1 rings (SSSR count). The average Bonchev–Trinajstić information content (AvgIpc) is 2.53. The Morgan fingerprint density at radius 1 is 1.21 bits per heavy atom. The van der Waals surface area contributed by atoms with Crippen molar-refractivity contribution in [3.63, 3.8) is 0 Å². The summed E-state index contributed by atoms with van der Waals surface area (Å²) in [6.07, 6.45) is 0.669. The van der Waals surface area contributed by atoms with Gasteiger partial charge in [0.2, 0.25) is 10.0 Å². The van der Waals surface area contributed by atoms with Crippen molar-refractivity contribution < 1.29 is 23.1 Å². The maximum atomic E-state index is 12.3. The van der Waals surface area contributed by atoms with Gasteiger partial charge >= 0.3 is 5.97 Å². The molecule has 0 fully saturated rings. The van der Waals surface area contributed by atoms with Gasteiger partial charge in [0.05, 0.1) is 10.8 Å². The molecule has 1 amide bonds. The van der Waals surface area contributed by atoms with Gasteiger partial charge in [-0.1, -0.05) is 13.8 Å². The number of carboxylic acid groups (broad SMARTS) is 1. The summed E-state index contributed by atoms with van der Waals surface area (Å²) < 4.78 is 26.9. The second kappa shape index (κ2) is 8.25. The van der Waals surface area contributed by atoms with E-state index in [0.29, 0.717) is 12.0 Å². The van der Waals surface area contributed by atoms with E-state index in [1.807, 2.05) is 6.92 Å². The zero-order valence-corrected chi connectivity index (χ0v) is 15.1. The minimum Gasteiger partial charge on any atom is -0.481 e. The molecule has 0 bridgehead atoms. The van der Waals surface area contributed by atoms with Crippen molar-refractivity contribution in [2.24, 2.45) is 5.92 Å². The van der Waals surface area contributed by atoms with Crippen LogP contribution < -0.4 is 4.72 Å². The summed E-state index contributed by atoms with van der Waals surface area (Å²) in [7, 11) is -2.11. The van der Waals surface area contributed by atoms with Crippen LogP contribution in [0.4, 0.5) is 0 Å². The number of sulfonamides is 1. The third-order valence-corrected chi connectivity index (χ3v) is 5.30. The van der Waals surface area contributed by atoms with E-state index in [1.165, 1.54) is 43.1 Å². The summed E-state index contributed by atoms with van der Waals surface area (Å²) in [6.45, 7) is 5.24. The third-order valence-electron chi connectivity index (χ3n) is 3.70. The lowest BCUT2D eigenvalue weighted by molar-refractivity contribution is -0.141. The molecule has 0 aliphatic carbocycles. The smallest absolute Gasteiger partial charge is 0.308 e. The van der Waals surface area contributed by atoms with Crippen molar-refractivity contribution in [1.29, 1.82) is 0 Å². The van der Waals surface area contributed by atoms with E-state index in [9.17, 15) is 18.0 Å². The van der Waals surface area contributed by atoms with Crippen LogP contribution in [0.1, 0.15) is 37.6 Å². The number of nitrogens with zero attached hydrogens (tertiary/aromatic N) is 1. The third kappa shape index (κ3) is 5.31. The van der Waals surface area contributed by atoms with E-state index in [4.69, 9.17) is 5.11 Å². The Balaban J connectivity index is 2.87. The average molecular weight is 356 g/mol. The number of carbonyl (C=O) groups excluding carboxylic acids is 1. The van der Waals surface area contributed by atoms with Gasteiger partial charge in [-0.15, -0.1) is 0 Å². The Morgan fingerprint density at radius 3 is 2.21 bits per heavy atom. The molecule has 8 heteroatoms. The lowest BCUT2D eigenvalue weighted by atomic mass is 10.1. The monoisotopic (exact) mass is 356 g/mol. The molecule has 2 atom stereocenters. The molecule has 1 aromatic carbocycles. The van der Waals surface area contributed by atoms with Crippen LogP contribution in [0.2, 0.25) is 0 Å². The fraction of sp³-hybridized carbons (Fsp3) is 0.500. The summed E-state index contributed by atoms with van der Waals surface area (Å²) in [6, 6.07) is 5.41. The number of carbonyl (C=O) groups is 2. The molecule has 0 aliphatic rings. The Kier molecular flexibility index (Phi) is 6.92. The molecular formula is C16H24N2O5S. The molecule has 0 saturated heterocycles. The predicted octanol–water partition coefficient (Wildman–Crippen LogP) is 1.56. The fourth-order valence-corrected chi connectivity index (χ4v) is 3.31. The molecule has 0 spiro atoms. The second-order valence-corrected chi connectivity index (χ2v) is 7.59. The molecule has 7 nitrogen and oxygen atoms in total. The van der Waals surface area contributed by atoms with Gasteiger partial charge in [-0.2, -0.15) is 0 Å². The number of amides is 1. The van der Waals surface area contributed by atoms with Crippen molar-refractivity contribution in [3.05, 3.63) is 29.8 Å². The summed E-state index contributed by atoms with van der Waals surface area (Å²) in [5, 5.41) is 8.89. The lowest BCUT2D eigenvalue weighted by Crippen LogP contribution is -2.34. The minimum absolute atomic E-state index is 0.0732. The van der Waals surface area contributed by atoms with Crippen molar-refractivity contribution in [2.45, 2.75) is 38.1 Å². The molecule has 24 heavy (non-hydrogen) atoms. The molecule has 0 aromatic heterocycles. The first-order valence-corrected chi connectivity index (χ1v) is 9.17. The van der Waals surface area contributed by atoms with Gasteiger partial charge in [-0.05, 0) is 37.6 Å². The maximum absolute atomic E-state index is 12.3. The molecule has 0 aliphatic heterocycles. The topological polar surface area (TPSA) is 104 Å². The van der Waals surface area contributed by atoms with Gasteiger partial charge in [-0.3, -0.25) is 9.59 Å². The van der Waals surface area contributed by atoms with E-state index < -0.39 is 21.9 Å². The minimum atomic E-state index is -3.62. The molecule has 134 valence electrons. The Hall–Kier alpha value is -1.93. The summed E-state index contributed by atoms with van der Waals surface area (Å²) in [5.41, 5.74) is 0.303. The van der Waals surface area contributed by atoms with Crippen LogP contribution in [0.5, 0.6) is 0 Å². The van der Waals surface area contributed by atoms with Crippen molar-refractivity contribution in [1.82, 2.24) is 9.62 Å². The van der Waals surface area contributed by atoms with Crippen molar-refractivity contribution in [2.75, 3.05) is 13.6 Å². The molecule has 0 heterocycles. The SMILES string of the molecule is CCC(C)NS(=O)(=O)c1ccc(C(=O)N(C)CC(C)C(=O)O)cc1. The van der Waals surface area contributed by atoms with Crippen LogP contribution in [0.15, 0.2) is 29.2 Å². The van der Waals surface area contributed by atoms with Gasteiger partial charge in [0.1, 0.15) is 0 Å². The van der Waals surface area contributed by atoms with Crippen molar-refractivity contribution >= 4 is 21.9 Å². The number of rotatable bonds is 8. The number of nitrogens with one attached hydrogen (secondary N) is 1. The molecule has 1 aromatic rings. The van der Waals surface area contributed by atoms with Gasteiger partial charge in [0, 0.05) is 25.2 Å². The molecule has 0 saturated carbocycles. The van der Waals surface area contributed by atoms with E-state index >= 15 is 0 Å². The van der Waals surface area contributed by atoms with E-state index in [-0.39, 0.29) is 23.4 Å². The van der Waals surface area contributed by atoms with Gasteiger partial charge in [0.15, 0.2) is 0 Å². The van der Waals surface area contributed by atoms with Gasteiger partial charge in [0.25, 0.3) is 5.91 Å². The number of hydrogen-bond donors (Lipinski definition) is 2. The number of carboxylic acids is 1. The number of aliphatic carboxylic acids is 1. The summed E-state index contributed by atoms with van der Waals surface area (Å²) in [4.78, 5) is 24.5. The van der Waals surface area contributed by atoms with Gasteiger partial charge < -0.3 is 10.0 Å². The van der Waals surface area contributed by atoms with E-state index in [0.717, 1.165) is 0 Å². The lowest BCUT2D eigenvalue weighted by Gasteiger charge is -2.19. The quantitative estimate of drug-likeness (QED) is 0.735. The van der Waals surface area contributed by atoms with Crippen LogP contribution in [0.25, 0.3) is 0 Å². The zero-order valence-electron chi connectivity index (χ0n) is 14.3. The summed E-state index contributed by atoms with van der Waals surface area (Å²) in [5.74, 6) is -2.02. The van der Waals surface area contributed by atoms with Crippen LogP contribution in [0.3, 0.4) is 0 Å². The molecule has 0 radical (unpaired) electrons. The van der Waals surface area contributed by atoms with E-state index in [1.54, 1.807) is 6.92 Å². The van der Waals surface area contributed by atoms with E-state index in [2.05, 4.69) is 4.72 Å². The summed E-state index contributed by atoms with van der Waals surface area (Å²) >= 11 is 0. The highest BCUT2D eigenvalue weighted by molar-refractivity contribution is 7.89. The zero-order chi connectivity index (χ0) is 18.5. The van der Waals surface area contributed by atoms with Gasteiger partial charge in [-0.25, -0.2) is 13.1 Å². The van der Waals surface area contributed by atoms with Crippen LogP contribution in [0, 0.1) is 5.92 Å². The highest BCUT2D eigenvalue weighted by atomic mass is 32.2. The normalized spacial score (nSPS) is 14.0. The number of hydrogen-bond acceptors (Lipinski definition) is 4. The first kappa shape index (κ1) is 20.1.